The van der Waals surface area contributed by atoms with Crippen LogP contribution in [0.2, 0.25) is 0 Å². The van der Waals surface area contributed by atoms with Crippen molar-refractivity contribution in [1.82, 2.24) is 49.9 Å². The summed E-state index contributed by atoms with van der Waals surface area (Å²) >= 11 is 1.35. The number of likely N-dealkylation sites (N-methyl/N-ethyl adjacent to an activating group) is 1. The van der Waals surface area contributed by atoms with Gasteiger partial charge in [-0.25, -0.2) is 10.4 Å². The Balaban J connectivity index is 0.892. The Morgan fingerprint density at radius 3 is 2.49 bits per heavy atom. The van der Waals surface area contributed by atoms with E-state index in [0.717, 1.165) is 51.4 Å². The third-order valence-electron chi connectivity index (χ3n) is 17.9. The molecule has 8 heterocycles. The lowest BCUT2D eigenvalue weighted by Crippen LogP contribution is -2.62. The summed E-state index contributed by atoms with van der Waals surface area (Å²) in [7, 11) is 3.49. The molecule has 2 N–H and O–H groups in total. The number of nitrogens with one attached hydrogen (secondary N) is 2. The lowest BCUT2D eigenvalue weighted by molar-refractivity contribution is -0.155. The number of cyclic esters (lactones) is 1. The zero-order valence-corrected chi connectivity index (χ0v) is 46.7. The minimum Gasteiger partial charge on any atom is -0.464 e. The highest BCUT2D eigenvalue weighted by Gasteiger charge is 2.61. The van der Waals surface area contributed by atoms with E-state index in [1.54, 1.807) is 43.4 Å². The Kier molecular flexibility index (Phi) is 14.8. The van der Waals surface area contributed by atoms with Crippen LogP contribution in [0.25, 0.3) is 33.4 Å². The van der Waals surface area contributed by atoms with E-state index in [1.165, 1.54) is 20.9 Å². The summed E-state index contributed by atoms with van der Waals surface area (Å²) < 4.78 is 51.7. The summed E-state index contributed by atoms with van der Waals surface area (Å²) in [5, 5.41) is 7.80. The second-order valence-corrected chi connectivity index (χ2v) is 25.9. The lowest BCUT2D eigenvalue weighted by atomic mass is 9.84. The highest BCUT2D eigenvalue weighted by molar-refractivity contribution is 7.10. The van der Waals surface area contributed by atoms with Crippen LogP contribution in [0.3, 0.4) is 0 Å². The van der Waals surface area contributed by atoms with Crippen molar-refractivity contribution in [2.24, 2.45) is 22.7 Å². The number of nitrogens with zero attached hydrogens (tertiary/aromatic N) is 8. The molecular weight excluding hydrogens is 1020 g/mol. The third kappa shape index (κ3) is 11.1. The van der Waals surface area contributed by atoms with Crippen LogP contribution in [0.1, 0.15) is 114 Å². The Hall–Kier alpha value is -5.44. The van der Waals surface area contributed by atoms with Crippen LogP contribution in [0.5, 0.6) is 0 Å². The predicted octanol–water partition coefficient (Wildman–Crippen LogP) is 7.20. The van der Waals surface area contributed by atoms with Gasteiger partial charge in [0.15, 0.2) is 0 Å². The molecule has 4 saturated heterocycles. The summed E-state index contributed by atoms with van der Waals surface area (Å²) in [6.45, 7) is 9.68. The SMILES string of the molecule is CC(C)c1ncccc1-c1c2c3cc(ccc3n1CC(F)(F)F)-c1csc(n1)C[C@H](NC(=O)[C@H](C1CCCC1)N1CC[C@]3(CCN(C(=O)[C@H]4[C@@H](C5CC5)N4CC(=O)N(C)C)C3)C1)C(=O)N1CCC[C@H](N1)C(=O)OCC(C)(C)C2. The number of esters is 1. The Labute approximate surface area is 458 Å². The topological polar surface area (TPSA) is 165 Å². The molecule has 20 heteroatoms. The Bertz CT molecular complexity index is 2970. The first-order valence-corrected chi connectivity index (χ1v) is 29.2. The summed E-state index contributed by atoms with van der Waals surface area (Å²) in [5.41, 5.74) is 6.29. The molecule has 7 aliphatic rings. The fourth-order valence-electron chi connectivity index (χ4n) is 13.7. The Morgan fingerprint density at radius 2 is 1.76 bits per heavy atom. The molecule has 1 aromatic carbocycles. The maximum atomic E-state index is 15.2. The number of thiazole rings is 1. The van der Waals surface area contributed by atoms with Gasteiger partial charge in [-0.3, -0.25) is 43.8 Å². The van der Waals surface area contributed by atoms with E-state index in [2.05, 4.69) is 25.5 Å². The summed E-state index contributed by atoms with van der Waals surface area (Å²) in [6.07, 6.45) is 5.98. The van der Waals surface area contributed by atoms with Gasteiger partial charge in [-0.15, -0.1) is 11.3 Å². The summed E-state index contributed by atoms with van der Waals surface area (Å²) in [4.78, 5) is 89.0. The fourth-order valence-corrected chi connectivity index (χ4v) is 14.6. The highest BCUT2D eigenvalue weighted by Crippen LogP contribution is 2.50. The first-order chi connectivity index (χ1) is 37.2. The molecule has 4 amide bonds. The molecule has 6 bridgehead atoms. The quantitative estimate of drug-likeness (QED) is 0.115. The van der Waals surface area contributed by atoms with Crippen molar-refractivity contribution in [3.8, 4) is 22.5 Å². The number of halogens is 3. The zero-order chi connectivity index (χ0) is 55.0. The average Bonchev–Trinajstić information content (AvgIpc) is 4.16. The molecular formula is C58H75F3N10O6S. The molecule has 2 aliphatic carbocycles. The third-order valence-corrected chi connectivity index (χ3v) is 18.7. The standard InChI is InChI=1S/C58H75F3N10O6S/c1-34(2)47-38(13-9-21-62-47)50-40-27-56(3,4)33-77-55(76)41-14-10-22-71(65-41)53(74)42(26-45-63-43(29-78-45)37-17-18-44(39(40)25-37)70(50)32-58(59,60)61)64-52(73)49(35-11-7-8-12-35)67-23-19-57(30-67)20-24-68(31-57)54(75)51-48(36-15-16-36)69(51)28-46(72)66(5)6/h9,13,17-18,21,25,29,34-36,41-42,48-49,51,65H,7-8,10-12,14-16,19-20,22-24,26-28,30-33H2,1-6H3,(H,64,73)/t41-,42-,48+,49-,51+,57-,69?/m0/s1. The summed E-state index contributed by atoms with van der Waals surface area (Å²) in [5.74, 6) is -0.606. The van der Waals surface area contributed by atoms with Gasteiger partial charge < -0.3 is 24.4 Å². The van der Waals surface area contributed by atoms with Gasteiger partial charge in [0.2, 0.25) is 17.7 Å². The van der Waals surface area contributed by atoms with Gasteiger partial charge in [0.05, 0.1) is 41.3 Å². The molecule has 7 atom stereocenters. The molecule has 420 valence electrons. The molecule has 0 radical (unpaired) electrons. The number of hydrogen-bond donors (Lipinski definition) is 2. The minimum atomic E-state index is -4.55. The number of rotatable bonds is 11. The largest absolute Gasteiger partial charge is 0.464 e. The fraction of sp³-hybridized carbons (Fsp3) is 0.638. The molecule has 78 heavy (non-hydrogen) atoms. The number of carbonyl (C=O) groups is 5. The van der Waals surface area contributed by atoms with Crippen molar-refractivity contribution in [3.05, 3.63) is 58.2 Å². The smallest absolute Gasteiger partial charge is 0.406 e. The van der Waals surface area contributed by atoms with Gasteiger partial charge in [0.1, 0.15) is 24.7 Å². The second-order valence-electron chi connectivity index (χ2n) is 25.0. The van der Waals surface area contributed by atoms with Gasteiger partial charge >= 0.3 is 12.1 Å². The number of alkyl halides is 3. The Morgan fingerprint density at radius 1 is 0.987 bits per heavy atom. The van der Waals surface area contributed by atoms with Crippen LogP contribution in [0, 0.1) is 22.7 Å². The van der Waals surface area contributed by atoms with Crippen LogP contribution in [0.4, 0.5) is 13.2 Å². The molecule has 11 rings (SSSR count). The van der Waals surface area contributed by atoms with Crippen LogP contribution in [-0.4, -0.2) is 165 Å². The van der Waals surface area contributed by atoms with Gasteiger partial charge in [-0.05, 0) is 112 Å². The molecule has 16 nitrogen and oxygen atoms in total. The number of hydrogen-bond acceptors (Lipinski definition) is 12. The number of ether oxygens (including phenoxy) is 1. The van der Waals surface area contributed by atoms with Crippen molar-refractivity contribution < 1.29 is 41.9 Å². The maximum Gasteiger partial charge on any atom is 0.406 e. The number of pyridine rings is 1. The zero-order valence-electron chi connectivity index (χ0n) is 45.9. The van der Waals surface area contributed by atoms with Gasteiger partial charge in [-0.2, -0.15) is 13.2 Å². The van der Waals surface area contributed by atoms with E-state index >= 15 is 4.79 Å². The van der Waals surface area contributed by atoms with Crippen molar-refractivity contribution >= 4 is 51.8 Å². The maximum absolute atomic E-state index is 15.2. The van der Waals surface area contributed by atoms with E-state index < -0.39 is 48.1 Å². The van der Waals surface area contributed by atoms with Crippen LogP contribution >= 0.6 is 11.3 Å². The van der Waals surface area contributed by atoms with E-state index in [1.807, 2.05) is 50.1 Å². The van der Waals surface area contributed by atoms with Crippen LogP contribution in [0.15, 0.2) is 41.9 Å². The molecule has 4 aromatic rings. The van der Waals surface area contributed by atoms with Gasteiger partial charge in [-0.1, -0.05) is 46.6 Å². The molecule has 5 aliphatic heterocycles. The molecule has 6 fully saturated rings. The molecule has 1 unspecified atom stereocenters. The number of likely N-dealkylation sites (tertiary alicyclic amines) is 2. The number of hydrazine groups is 1. The minimum absolute atomic E-state index is 0.000108. The number of benzene rings is 1. The lowest BCUT2D eigenvalue weighted by Gasteiger charge is -2.37. The number of fused-ring (bicyclic) bond motifs is 6. The van der Waals surface area contributed by atoms with Crippen molar-refractivity contribution in [2.75, 3.05) is 60.0 Å². The highest BCUT2D eigenvalue weighted by atomic mass is 32.1. The predicted molar refractivity (Wildman–Crippen MR) is 290 cm³/mol. The van der Waals surface area contributed by atoms with Crippen molar-refractivity contribution in [2.45, 2.75) is 154 Å². The number of aromatic nitrogens is 3. The van der Waals surface area contributed by atoms with Crippen LogP contribution < -0.4 is 10.7 Å². The average molecular weight is 1100 g/mol. The van der Waals surface area contributed by atoms with Crippen molar-refractivity contribution in [1.29, 1.82) is 0 Å². The number of amides is 4. The molecule has 1 spiro atoms. The monoisotopic (exact) mass is 1100 g/mol. The molecule has 2 saturated carbocycles. The van der Waals surface area contributed by atoms with Gasteiger partial charge in [0, 0.05) is 97.2 Å². The normalized spacial score (nSPS) is 27.4. The summed E-state index contributed by atoms with van der Waals surface area (Å²) in [6, 6.07) is 6.44. The first-order valence-electron chi connectivity index (χ1n) is 28.3. The van der Waals surface area contributed by atoms with E-state index in [0.29, 0.717) is 101 Å². The van der Waals surface area contributed by atoms with Gasteiger partial charge in [0.25, 0.3) is 5.91 Å². The van der Waals surface area contributed by atoms with E-state index in [9.17, 15) is 32.3 Å². The second kappa shape index (κ2) is 21.2. The van der Waals surface area contributed by atoms with E-state index in [-0.39, 0.29) is 73.0 Å². The van der Waals surface area contributed by atoms with Crippen molar-refractivity contribution in [3.63, 3.8) is 0 Å². The number of carbonyl (C=O) groups excluding carboxylic acids is 5. The molecule has 3 aromatic heterocycles. The van der Waals surface area contributed by atoms with E-state index in [4.69, 9.17) is 9.72 Å². The first kappa shape index (κ1) is 54.5. The van der Waals surface area contributed by atoms with Crippen LogP contribution in [-0.2, 0) is 48.1 Å².